The van der Waals surface area contributed by atoms with Crippen molar-refractivity contribution in [1.82, 2.24) is 19.7 Å². The number of rotatable bonds is 6. The molecule has 0 atom stereocenters. The average molecular weight is 399 g/mol. The second-order valence-corrected chi connectivity index (χ2v) is 8.05. The lowest BCUT2D eigenvalue weighted by Gasteiger charge is -2.25. The normalized spacial score (nSPS) is 15.0. The third-order valence-corrected chi connectivity index (χ3v) is 5.77. The van der Waals surface area contributed by atoms with E-state index in [1.807, 2.05) is 58.8 Å². The molecule has 1 aliphatic heterocycles. The number of thioether (sulfide) groups is 1. The molecule has 0 saturated carbocycles. The smallest absolute Gasteiger partial charge is 0.199 e. The SMILES string of the molecule is S=c1[nH]nc(CN2CCSCC2)n1-c1ccc(OCc2ccccc2)cc1. The molecule has 1 fully saturated rings. The van der Waals surface area contributed by atoms with E-state index in [1.165, 1.54) is 11.5 Å². The molecule has 0 bridgehead atoms. The van der Waals surface area contributed by atoms with Gasteiger partial charge in [-0.15, -0.1) is 0 Å². The number of benzene rings is 2. The van der Waals surface area contributed by atoms with Gasteiger partial charge in [0, 0.05) is 30.3 Å². The Morgan fingerprint density at radius 2 is 1.78 bits per heavy atom. The summed E-state index contributed by atoms with van der Waals surface area (Å²) in [4.78, 5) is 2.43. The Hall–Kier alpha value is -2.09. The van der Waals surface area contributed by atoms with E-state index in [0.717, 1.165) is 42.5 Å². The molecule has 7 heteroatoms. The van der Waals surface area contributed by atoms with Crippen molar-refractivity contribution in [3.05, 3.63) is 70.8 Å². The number of hydrogen-bond donors (Lipinski definition) is 1. The molecule has 2 heterocycles. The maximum Gasteiger partial charge on any atom is 0.199 e. The fourth-order valence-electron chi connectivity index (χ4n) is 3.09. The first-order chi connectivity index (χ1) is 13.3. The van der Waals surface area contributed by atoms with Crippen molar-refractivity contribution in [3.8, 4) is 11.4 Å². The summed E-state index contributed by atoms with van der Waals surface area (Å²) in [6.07, 6.45) is 0. The largest absolute Gasteiger partial charge is 0.489 e. The molecule has 0 radical (unpaired) electrons. The third kappa shape index (κ3) is 4.61. The zero-order chi connectivity index (χ0) is 18.5. The highest BCUT2D eigenvalue weighted by molar-refractivity contribution is 7.99. The number of nitrogens with one attached hydrogen (secondary N) is 1. The van der Waals surface area contributed by atoms with Gasteiger partial charge in [0.05, 0.1) is 6.54 Å². The summed E-state index contributed by atoms with van der Waals surface area (Å²) in [6, 6.07) is 18.2. The van der Waals surface area contributed by atoms with Crippen molar-refractivity contribution in [2.45, 2.75) is 13.2 Å². The monoisotopic (exact) mass is 398 g/mol. The molecule has 3 aromatic rings. The van der Waals surface area contributed by atoms with E-state index in [9.17, 15) is 0 Å². The van der Waals surface area contributed by atoms with Crippen LogP contribution in [0, 0.1) is 4.77 Å². The van der Waals surface area contributed by atoms with Gasteiger partial charge in [-0.25, -0.2) is 0 Å². The summed E-state index contributed by atoms with van der Waals surface area (Å²) in [5, 5.41) is 7.39. The third-order valence-electron chi connectivity index (χ3n) is 4.55. The summed E-state index contributed by atoms with van der Waals surface area (Å²) in [6.45, 7) is 3.55. The van der Waals surface area contributed by atoms with E-state index in [1.54, 1.807) is 0 Å². The predicted octanol–water partition coefficient (Wildman–Crippen LogP) is 4.06. The molecule has 0 aliphatic carbocycles. The highest BCUT2D eigenvalue weighted by Crippen LogP contribution is 2.19. The lowest BCUT2D eigenvalue weighted by molar-refractivity contribution is 0.285. The van der Waals surface area contributed by atoms with Gasteiger partial charge in [0.2, 0.25) is 0 Å². The lowest BCUT2D eigenvalue weighted by Crippen LogP contribution is -2.33. The van der Waals surface area contributed by atoms with E-state index in [2.05, 4.69) is 27.2 Å². The number of H-pyrrole nitrogens is 1. The second-order valence-electron chi connectivity index (χ2n) is 6.44. The molecule has 0 unspecified atom stereocenters. The van der Waals surface area contributed by atoms with Crippen LogP contribution in [-0.4, -0.2) is 44.3 Å². The van der Waals surface area contributed by atoms with Crippen LogP contribution in [0.15, 0.2) is 54.6 Å². The maximum atomic E-state index is 5.88. The topological polar surface area (TPSA) is 46.1 Å². The lowest BCUT2D eigenvalue weighted by atomic mass is 10.2. The minimum absolute atomic E-state index is 0.559. The first-order valence-corrected chi connectivity index (χ1v) is 10.6. The van der Waals surface area contributed by atoms with Crippen molar-refractivity contribution < 1.29 is 4.74 Å². The van der Waals surface area contributed by atoms with Gasteiger partial charge in [0.25, 0.3) is 0 Å². The summed E-state index contributed by atoms with van der Waals surface area (Å²) in [5.41, 5.74) is 2.16. The maximum absolute atomic E-state index is 5.88. The molecule has 4 rings (SSSR count). The van der Waals surface area contributed by atoms with E-state index in [-0.39, 0.29) is 0 Å². The molecular formula is C20H22N4OS2. The summed E-state index contributed by atoms with van der Waals surface area (Å²) >= 11 is 7.47. The number of aromatic amines is 1. The summed E-state index contributed by atoms with van der Waals surface area (Å²) in [5.74, 6) is 4.15. The van der Waals surface area contributed by atoms with Gasteiger partial charge in [-0.05, 0) is 42.0 Å². The summed E-state index contributed by atoms with van der Waals surface area (Å²) < 4.78 is 8.51. The Morgan fingerprint density at radius 3 is 2.52 bits per heavy atom. The van der Waals surface area contributed by atoms with Crippen molar-refractivity contribution in [1.29, 1.82) is 0 Å². The second kappa shape index (κ2) is 8.73. The molecule has 1 saturated heterocycles. The number of aromatic nitrogens is 3. The van der Waals surface area contributed by atoms with Crippen molar-refractivity contribution in [2.75, 3.05) is 24.6 Å². The number of hydrogen-bond acceptors (Lipinski definition) is 5. The van der Waals surface area contributed by atoms with E-state index < -0.39 is 0 Å². The van der Waals surface area contributed by atoms with Crippen LogP contribution in [0.25, 0.3) is 5.69 Å². The fourth-order valence-corrected chi connectivity index (χ4v) is 4.33. The van der Waals surface area contributed by atoms with Crippen molar-refractivity contribution >= 4 is 24.0 Å². The van der Waals surface area contributed by atoms with E-state index in [0.29, 0.717) is 11.4 Å². The molecular weight excluding hydrogens is 376 g/mol. The minimum Gasteiger partial charge on any atom is -0.489 e. The molecule has 1 aromatic heterocycles. The van der Waals surface area contributed by atoms with Gasteiger partial charge >= 0.3 is 0 Å². The Labute approximate surface area is 168 Å². The Morgan fingerprint density at radius 1 is 1.04 bits per heavy atom. The Kier molecular flexibility index (Phi) is 5.91. The minimum atomic E-state index is 0.559. The zero-order valence-electron chi connectivity index (χ0n) is 15.0. The van der Waals surface area contributed by atoms with Crippen LogP contribution in [0.1, 0.15) is 11.4 Å². The van der Waals surface area contributed by atoms with Crippen molar-refractivity contribution in [2.24, 2.45) is 0 Å². The zero-order valence-corrected chi connectivity index (χ0v) is 16.6. The number of ether oxygens (including phenoxy) is 1. The van der Waals surface area contributed by atoms with Crippen LogP contribution < -0.4 is 4.74 Å². The van der Waals surface area contributed by atoms with Gasteiger partial charge in [0.15, 0.2) is 4.77 Å². The van der Waals surface area contributed by atoms with Crippen LogP contribution in [0.3, 0.4) is 0 Å². The molecule has 2 aromatic carbocycles. The predicted molar refractivity (Wildman–Crippen MR) is 112 cm³/mol. The Balaban J connectivity index is 1.47. The molecule has 1 N–H and O–H groups in total. The number of nitrogens with zero attached hydrogens (tertiary/aromatic N) is 3. The molecule has 27 heavy (non-hydrogen) atoms. The highest BCUT2D eigenvalue weighted by Gasteiger charge is 2.15. The van der Waals surface area contributed by atoms with E-state index >= 15 is 0 Å². The standard InChI is InChI=1S/C20H22N4OS2/c26-20-22-21-19(14-23-10-12-27-13-11-23)24(20)17-6-8-18(9-7-17)25-15-16-4-2-1-3-5-16/h1-9H,10-15H2,(H,22,26). The Bertz CT molecular complexity index is 915. The van der Waals surface area contributed by atoms with Crippen LogP contribution in [-0.2, 0) is 13.2 Å². The van der Waals surface area contributed by atoms with Gasteiger partial charge in [-0.1, -0.05) is 30.3 Å². The summed E-state index contributed by atoms with van der Waals surface area (Å²) in [7, 11) is 0. The average Bonchev–Trinajstić information content (AvgIpc) is 3.08. The van der Waals surface area contributed by atoms with Crippen LogP contribution >= 0.6 is 24.0 Å². The van der Waals surface area contributed by atoms with E-state index in [4.69, 9.17) is 17.0 Å². The van der Waals surface area contributed by atoms with Gasteiger partial charge in [-0.2, -0.15) is 16.9 Å². The first-order valence-electron chi connectivity index (χ1n) is 9.03. The molecule has 1 aliphatic rings. The molecule has 0 spiro atoms. The highest BCUT2D eigenvalue weighted by atomic mass is 32.2. The quantitative estimate of drug-likeness (QED) is 0.635. The van der Waals surface area contributed by atoms with Crippen molar-refractivity contribution in [3.63, 3.8) is 0 Å². The molecule has 140 valence electrons. The van der Waals surface area contributed by atoms with Crippen LogP contribution in [0.4, 0.5) is 0 Å². The fraction of sp³-hybridized carbons (Fsp3) is 0.300. The van der Waals surface area contributed by atoms with Gasteiger partial charge in [0.1, 0.15) is 18.2 Å². The van der Waals surface area contributed by atoms with Crippen LogP contribution in [0.5, 0.6) is 5.75 Å². The molecule has 5 nitrogen and oxygen atoms in total. The molecule has 0 amide bonds. The van der Waals surface area contributed by atoms with Gasteiger partial charge in [-0.3, -0.25) is 14.6 Å². The van der Waals surface area contributed by atoms with Crippen LogP contribution in [0.2, 0.25) is 0 Å². The first kappa shape index (κ1) is 18.3. The van der Waals surface area contributed by atoms with Gasteiger partial charge < -0.3 is 4.74 Å².